The van der Waals surface area contributed by atoms with Crippen molar-refractivity contribution < 1.29 is 23.8 Å². The summed E-state index contributed by atoms with van der Waals surface area (Å²) in [6.07, 6.45) is 0. The molecule has 7 nitrogen and oxygen atoms in total. The third kappa shape index (κ3) is 3.05. The number of rotatable bonds is 5. The van der Waals surface area contributed by atoms with Crippen LogP contribution in [0.4, 0.5) is 5.69 Å². The van der Waals surface area contributed by atoms with Crippen molar-refractivity contribution in [3.63, 3.8) is 0 Å². The Morgan fingerprint density at radius 2 is 1.96 bits per heavy atom. The molecule has 1 aliphatic heterocycles. The van der Waals surface area contributed by atoms with Gasteiger partial charge in [-0.15, -0.1) is 0 Å². The number of hydrogen-bond donors (Lipinski definition) is 2. The number of fused-ring (bicyclic) bond motifs is 1. The second-order valence-corrected chi connectivity index (χ2v) is 5.91. The van der Waals surface area contributed by atoms with E-state index in [1.165, 1.54) is 7.11 Å². The maximum Gasteiger partial charge on any atom is 0.339 e. The molecule has 25 heavy (non-hydrogen) atoms. The zero-order valence-electron chi connectivity index (χ0n) is 14.6. The topological polar surface area (TPSA) is 89.7 Å². The van der Waals surface area contributed by atoms with Gasteiger partial charge in [-0.05, 0) is 38.5 Å². The van der Waals surface area contributed by atoms with Gasteiger partial charge in [0.15, 0.2) is 11.5 Å². The summed E-state index contributed by atoms with van der Waals surface area (Å²) in [6.45, 7) is 5.44. The summed E-state index contributed by atoms with van der Waals surface area (Å²) in [4.78, 5) is 27.6. The molecule has 7 heteroatoms. The number of aromatic nitrogens is 1. The molecule has 2 N–H and O–H groups in total. The zero-order chi connectivity index (χ0) is 18.1. The SMILES string of the molecule is COC(=O)c1c(C)[nH]c(C(=O)C(C)Nc2ccc3c(c2)OCO3)c1C. The van der Waals surface area contributed by atoms with Gasteiger partial charge in [0.25, 0.3) is 0 Å². The number of carbonyl (C=O) groups is 2. The van der Waals surface area contributed by atoms with Crippen molar-refractivity contribution in [2.75, 3.05) is 19.2 Å². The molecule has 1 aromatic carbocycles. The van der Waals surface area contributed by atoms with Crippen LogP contribution in [0.25, 0.3) is 0 Å². The highest BCUT2D eigenvalue weighted by Gasteiger charge is 2.25. The number of ketones is 1. The highest BCUT2D eigenvalue weighted by Crippen LogP contribution is 2.34. The number of ether oxygens (including phenoxy) is 3. The molecule has 3 rings (SSSR count). The van der Waals surface area contributed by atoms with Gasteiger partial charge in [0, 0.05) is 17.4 Å². The lowest BCUT2D eigenvalue weighted by atomic mass is 10.0. The van der Waals surface area contributed by atoms with Crippen molar-refractivity contribution in [3.05, 3.63) is 40.7 Å². The summed E-state index contributed by atoms with van der Waals surface area (Å²) >= 11 is 0. The van der Waals surface area contributed by atoms with Crippen LogP contribution in [0.2, 0.25) is 0 Å². The van der Waals surface area contributed by atoms with Crippen LogP contribution in [-0.4, -0.2) is 36.7 Å². The lowest BCUT2D eigenvalue weighted by Gasteiger charge is -2.14. The second kappa shape index (κ2) is 6.51. The van der Waals surface area contributed by atoms with E-state index in [1.807, 2.05) is 6.07 Å². The average molecular weight is 344 g/mol. The maximum atomic E-state index is 12.8. The highest BCUT2D eigenvalue weighted by molar-refractivity contribution is 6.04. The molecule has 0 saturated heterocycles. The summed E-state index contributed by atoms with van der Waals surface area (Å²) in [6, 6.07) is 4.91. The molecule has 1 atom stereocenters. The first-order valence-electron chi connectivity index (χ1n) is 7.90. The molecule has 0 fully saturated rings. The molecule has 2 heterocycles. The fourth-order valence-corrected chi connectivity index (χ4v) is 2.92. The summed E-state index contributed by atoms with van der Waals surface area (Å²) < 4.78 is 15.4. The Morgan fingerprint density at radius 3 is 2.68 bits per heavy atom. The van der Waals surface area contributed by atoms with Crippen LogP contribution in [-0.2, 0) is 4.74 Å². The van der Waals surface area contributed by atoms with Gasteiger partial charge in [0.1, 0.15) is 0 Å². The van der Waals surface area contributed by atoms with E-state index in [9.17, 15) is 9.59 Å². The first-order valence-corrected chi connectivity index (χ1v) is 7.90. The number of hydrogen-bond acceptors (Lipinski definition) is 6. The first kappa shape index (κ1) is 16.9. The molecule has 0 saturated carbocycles. The largest absolute Gasteiger partial charge is 0.465 e. The van der Waals surface area contributed by atoms with E-state index in [0.717, 1.165) is 5.69 Å². The number of carbonyl (C=O) groups excluding carboxylic acids is 2. The van der Waals surface area contributed by atoms with Crippen LogP contribution in [0, 0.1) is 13.8 Å². The predicted molar refractivity (Wildman–Crippen MR) is 91.6 cm³/mol. The van der Waals surface area contributed by atoms with Gasteiger partial charge in [-0.2, -0.15) is 0 Å². The van der Waals surface area contributed by atoms with Crippen LogP contribution >= 0.6 is 0 Å². The number of methoxy groups -OCH3 is 1. The number of aryl methyl sites for hydroxylation is 1. The summed E-state index contributed by atoms with van der Waals surface area (Å²) in [5.41, 5.74) is 2.76. The summed E-state index contributed by atoms with van der Waals surface area (Å²) in [5.74, 6) is 0.725. The normalized spacial score (nSPS) is 13.4. The number of anilines is 1. The monoisotopic (exact) mass is 344 g/mol. The molecule has 0 bridgehead atoms. The summed E-state index contributed by atoms with van der Waals surface area (Å²) in [5, 5.41) is 3.15. The number of H-pyrrole nitrogens is 1. The van der Waals surface area contributed by atoms with E-state index in [0.29, 0.717) is 34.0 Å². The van der Waals surface area contributed by atoms with Gasteiger partial charge in [0.05, 0.1) is 24.4 Å². The minimum atomic E-state index is -0.498. The maximum absolute atomic E-state index is 12.8. The van der Waals surface area contributed by atoms with E-state index in [4.69, 9.17) is 14.2 Å². The first-order chi connectivity index (χ1) is 11.9. The van der Waals surface area contributed by atoms with Crippen LogP contribution in [0.5, 0.6) is 11.5 Å². The molecule has 1 unspecified atom stereocenters. The van der Waals surface area contributed by atoms with Crippen molar-refractivity contribution in [2.45, 2.75) is 26.8 Å². The van der Waals surface area contributed by atoms with Crippen LogP contribution in [0.3, 0.4) is 0 Å². The fraction of sp³-hybridized carbons (Fsp3) is 0.333. The van der Waals surface area contributed by atoms with E-state index in [-0.39, 0.29) is 12.6 Å². The molecular weight excluding hydrogens is 324 g/mol. The van der Waals surface area contributed by atoms with Gasteiger partial charge in [-0.3, -0.25) is 4.79 Å². The minimum Gasteiger partial charge on any atom is -0.465 e. The Kier molecular flexibility index (Phi) is 4.39. The smallest absolute Gasteiger partial charge is 0.339 e. The van der Waals surface area contributed by atoms with Gasteiger partial charge >= 0.3 is 5.97 Å². The molecule has 0 amide bonds. The molecule has 2 aromatic rings. The van der Waals surface area contributed by atoms with Gasteiger partial charge in [0.2, 0.25) is 12.6 Å². The third-order valence-electron chi connectivity index (χ3n) is 4.22. The molecule has 1 aliphatic rings. The van der Waals surface area contributed by atoms with Crippen molar-refractivity contribution in [1.82, 2.24) is 4.98 Å². The molecular formula is C18H20N2O5. The van der Waals surface area contributed by atoms with Crippen molar-refractivity contribution in [3.8, 4) is 11.5 Å². The average Bonchev–Trinajstić information content (AvgIpc) is 3.17. The van der Waals surface area contributed by atoms with Gasteiger partial charge in [-0.25, -0.2) is 4.79 Å². The van der Waals surface area contributed by atoms with E-state index in [1.54, 1.807) is 32.9 Å². The Morgan fingerprint density at radius 1 is 1.24 bits per heavy atom. The van der Waals surface area contributed by atoms with E-state index >= 15 is 0 Å². The van der Waals surface area contributed by atoms with Crippen molar-refractivity contribution in [1.29, 1.82) is 0 Å². The van der Waals surface area contributed by atoms with E-state index in [2.05, 4.69) is 10.3 Å². The Labute approximate surface area is 145 Å². The molecule has 1 aromatic heterocycles. The Balaban J connectivity index is 1.80. The fourth-order valence-electron chi connectivity index (χ4n) is 2.92. The number of aromatic amines is 1. The number of benzene rings is 1. The summed E-state index contributed by atoms with van der Waals surface area (Å²) in [7, 11) is 1.32. The standard InChI is InChI=1S/C18H20N2O5/c1-9-15(18(22)23-4)10(2)20-16(9)17(21)11(3)19-12-5-6-13-14(7-12)25-8-24-13/h5-7,11,19-20H,8H2,1-4H3. The molecule has 0 radical (unpaired) electrons. The lowest BCUT2D eigenvalue weighted by Crippen LogP contribution is -2.27. The molecule has 0 spiro atoms. The molecule has 0 aliphatic carbocycles. The van der Waals surface area contributed by atoms with Crippen molar-refractivity contribution >= 4 is 17.4 Å². The van der Waals surface area contributed by atoms with Crippen LogP contribution in [0.1, 0.15) is 39.0 Å². The van der Waals surface area contributed by atoms with Crippen LogP contribution < -0.4 is 14.8 Å². The minimum absolute atomic E-state index is 0.145. The van der Waals surface area contributed by atoms with Gasteiger partial charge < -0.3 is 24.5 Å². The third-order valence-corrected chi connectivity index (χ3v) is 4.22. The van der Waals surface area contributed by atoms with Crippen molar-refractivity contribution in [2.24, 2.45) is 0 Å². The number of esters is 1. The number of Topliss-reactive ketones (excluding diaryl/α,β-unsaturated/α-hetero) is 1. The second-order valence-electron chi connectivity index (χ2n) is 5.91. The Hall–Kier alpha value is -2.96. The highest BCUT2D eigenvalue weighted by atomic mass is 16.7. The predicted octanol–water partition coefficient (Wildman–Crippen LogP) is 2.83. The molecule has 132 valence electrons. The Bertz CT molecular complexity index is 840. The van der Waals surface area contributed by atoms with Gasteiger partial charge in [-0.1, -0.05) is 0 Å². The zero-order valence-corrected chi connectivity index (χ0v) is 14.6. The van der Waals surface area contributed by atoms with E-state index < -0.39 is 12.0 Å². The quantitative estimate of drug-likeness (QED) is 0.640. The lowest BCUT2D eigenvalue weighted by molar-refractivity contribution is 0.0599. The van der Waals surface area contributed by atoms with Crippen LogP contribution in [0.15, 0.2) is 18.2 Å². The number of nitrogens with one attached hydrogen (secondary N) is 2.